The van der Waals surface area contributed by atoms with Gasteiger partial charge in [0, 0.05) is 38.5 Å². The molecule has 4 rings (SSSR count). The fourth-order valence-corrected chi connectivity index (χ4v) is 3.54. The lowest BCUT2D eigenvalue weighted by Gasteiger charge is -2.36. The molecule has 2 aliphatic heterocycles. The van der Waals surface area contributed by atoms with Crippen LogP contribution in [-0.2, 0) is 12.8 Å². The largest absolute Gasteiger partial charge is 0.469 e. The molecule has 0 aromatic carbocycles. The molecule has 6 heteroatoms. The minimum Gasteiger partial charge on any atom is -0.469 e. The van der Waals surface area contributed by atoms with E-state index in [1.165, 1.54) is 12.8 Å². The molecule has 0 amide bonds. The molecule has 2 aromatic heterocycles. The van der Waals surface area contributed by atoms with Crippen molar-refractivity contribution in [1.29, 1.82) is 0 Å². The summed E-state index contributed by atoms with van der Waals surface area (Å²) >= 11 is 0. The maximum absolute atomic E-state index is 5.35. The highest BCUT2D eigenvalue weighted by Crippen LogP contribution is 2.28. The van der Waals surface area contributed by atoms with Crippen molar-refractivity contribution in [2.24, 2.45) is 5.92 Å². The average molecular weight is 287 g/mol. The van der Waals surface area contributed by atoms with Crippen molar-refractivity contribution in [3.05, 3.63) is 30.0 Å². The molecule has 0 aliphatic carbocycles. The zero-order valence-corrected chi connectivity index (χ0v) is 12.1. The zero-order chi connectivity index (χ0) is 14.1. The van der Waals surface area contributed by atoms with Crippen LogP contribution in [0.5, 0.6) is 0 Å². The van der Waals surface area contributed by atoms with Crippen molar-refractivity contribution in [3.63, 3.8) is 0 Å². The minimum absolute atomic E-state index is 0.562. The molecule has 2 N–H and O–H groups in total. The summed E-state index contributed by atoms with van der Waals surface area (Å²) in [6, 6.07) is 4.48. The van der Waals surface area contributed by atoms with Crippen LogP contribution in [0, 0.1) is 5.92 Å². The van der Waals surface area contributed by atoms with Gasteiger partial charge in [0.15, 0.2) is 0 Å². The van der Waals surface area contributed by atoms with Gasteiger partial charge < -0.3 is 14.6 Å². The number of anilines is 1. The number of nitrogens with zero attached hydrogens (tertiary/aromatic N) is 3. The fraction of sp³-hybridized carbons (Fsp3) is 0.600. The molecular weight excluding hydrogens is 266 g/mol. The molecule has 0 radical (unpaired) electrons. The summed E-state index contributed by atoms with van der Waals surface area (Å²) in [5.41, 5.74) is 0. The van der Waals surface area contributed by atoms with Gasteiger partial charge in [0.05, 0.1) is 6.26 Å². The standard InChI is InChI=1S/C15H21N5O/c1-3-11-9-16-10-13(11)20(7-1)15-17-14(18-19-15)6-5-12-4-2-8-21-12/h2,4,8,11,13,16H,1,3,5-7,9-10H2,(H,17,18,19). The number of furan rings is 1. The molecule has 0 bridgehead atoms. The van der Waals surface area contributed by atoms with E-state index in [1.807, 2.05) is 12.1 Å². The van der Waals surface area contributed by atoms with Gasteiger partial charge in [0.1, 0.15) is 11.6 Å². The molecule has 6 nitrogen and oxygen atoms in total. The topological polar surface area (TPSA) is 70.0 Å². The highest BCUT2D eigenvalue weighted by molar-refractivity contribution is 5.33. The smallest absolute Gasteiger partial charge is 0.245 e. The van der Waals surface area contributed by atoms with Gasteiger partial charge in [0.25, 0.3) is 0 Å². The molecule has 4 heterocycles. The monoisotopic (exact) mass is 287 g/mol. The number of H-pyrrole nitrogens is 1. The molecule has 2 aromatic rings. The Morgan fingerprint density at radius 2 is 2.33 bits per heavy atom. The van der Waals surface area contributed by atoms with E-state index in [0.29, 0.717) is 6.04 Å². The zero-order valence-electron chi connectivity index (χ0n) is 12.1. The number of aromatic nitrogens is 3. The van der Waals surface area contributed by atoms with Crippen molar-refractivity contribution < 1.29 is 4.42 Å². The van der Waals surface area contributed by atoms with E-state index in [9.17, 15) is 0 Å². The van der Waals surface area contributed by atoms with Crippen LogP contribution < -0.4 is 10.2 Å². The normalized spacial score (nSPS) is 25.2. The lowest BCUT2D eigenvalue weighted by atomic mass is 9.92. The second kappa shape index (κ2) is 5.52. The maximum Gasteiger partial charge on any atom is 0.245 e. The quantitative estimate of drug-likeness (QED) is 0.889. The number of nitrogens with one attached hydrogen (secondary N) is 2. The van der Waals surface area contributed by atoms with Gasteiger partial charge in [0.2, 0.25) is 5.95 Å². The second-order valence-electron chi connectivity index (χ2n) is 5.98. The molecule has 112 valence electrons. The first kappa shape index (κ1) is 12.9. The van der Waals surface area contributed by atoms with E-state index < -0.39 is 0 Å². The minimum atomic E-state index is 0.562. The predicted molar refractivity (Wildman–Crippen MR) is 79.2 cm³/mol. The van der Waals surface area contributed by atoms with Crippen LogP contribution in [-0.4, -0.2) is 40.9 Å². The molecule has 2 aliphatic rings. The average Bonchev–Trinajstić information content (AvgIpc) is 3.25. The first-order valence-corrected chi connectivity index (χ1v) is 7.81. The van der Waals surface area contributed by atoms with Crippen LogP contribution in [0.3, 0.4) is 0 Å². The Bertz CT molecular complexity index is 579. The van der Waals surface area contributed by atoms with E-state index in [1.54, 1.807) is 6.26 Å². The van der Waals surface area contributed by atoms with Crippen LogP contribution in [0.1, 0.15) is 24.4 Å². The first-order chi connectivity index (χ1) is 10.4. The molecule has 0 saturated carbocycles. The van der Waals surface area contributed by atoms with Crippen molar-refractivity contribution in [2.75, 3.05) is 24.5 Å². The summed E-state index contributed by atoms with van der Waals surface area (Å²) < 4.78 is 5.35. The third-order valence-corrected chi connectivity index (χ3v) is 4.64. The molecule has 2 unspecified atom stereocenters. The Labute approximate surface area is 123 Å². The number of hydrogen-bond acceptors (Lipinski definition) is 5. The Balaban J connectivity index is 1.43. The van der Waals surface area contributed by atoms with Gasteiger partial charge in [-0.3, -0.25) is 5.10 Å². The van der Waals surface area contributed by atoms with Crippen molar-refractivity contribution in [3.8, 4) is 0 Å². The Kier molecular flexibility index (Phi) is 3.39. The van der Waals surface area contributed by atoms with Gasteiger partial charge in [-0.1, -0.05) is 0 Å². The number of aryl methyl sites for hydroxylation is 2. The van der Waals surface area contributed by atoms with Crippen LogP contribution >= 0.6 is 0 Å². The van der Waals surface area contributed by atoms with Crippen molar-refractivity contribution >= 4 is 5.95 Å². The van der Waals surface area contributed by atoms with Gasteiger partial charge in [-0.2, -0.15) is 4.98 Å². The number of rotatable bonds is 4. The second-order valence-corrected chi connectivity index (χ2v) is 5.98. The summed E-state index contributed by atoms with van der Waals surface area (Å²) in [5, 5.41) is 11.0. The molecule has 2 atom stereocenters. The third-order valence-electron chi connectivity index (χ3n) is 4.64. The number of piperidine rings is 1. The van der Waals surface area contributed by atoms with E-state index in [2.05, 4.69) is 25.4 Å². The maximum atomic E-state index is 5.35. The molecule has 2 fully saturated rings. The van der Waals surface area contributed by atoms with Crippen LogP contribution in [0.25, 0.3) is 0 Å². The van der Waals surface area contributed by atoms with Crippen molar-refractivity contribution in [2.45, 2.75) is 31.7 Å². The predicted octanol–water partition coefficient (Wildman–Crippen LogP) is 1.37. The molecule has 2 saturated heterocycles. The van der Waals surface area contributed by atoms with Crippen LogP contribution in [0.2, 0.25) is 0 Å². The fourth-order valence-electron chi connectivity index (χ4n) is 3.54. The van der Waals surface area contributed by atoms with Crippen LogP contribution in [0.4, 0.5) is 5.95 Å². The first-order valence-electron chi connectivity index (χ1n) is 7.81. The van der Waals surface area contributed by atoms with E-state index in [0.717, 1.165) is 55.9 Å². The Hall–Kier alpha value is -1.82. The van der Waals surface area contributed by atoms with E-state index in [-0.39, 0.29) is 0 Å². The highest BCUT2D eigenvalue weighted by atomic mass is 16.3. The summed E-state index contributed by atoms with van der Waals surface area (Å²) in [6.07, 6.45) is 5.96. The van der Waals surface area contributed by atoms with Gasteiger partial charge in [-0.25, -0.2) is 0 Å². The highest BCUT2D eigenvalue weighted by Gasteiger charge is 2.36. The Morgan fingerprint density at radius 1 is 1.33 bits per heavy atom. The van der Waals surface area contributed by atoms with Crippen LogP contribution in [0.15, 0.2) is 22.8 Å². The molecule has 21 heavy (non-hydrogen) atoms. The molecule has 0 spiro atoms. The van der Waals surface area contributed by atoms with Crippen molar-refractivity contribution in [1.82, 2.24) is 20.5 Å². The van der Waals surface area contributed by atoms with E-state index >= 15 is 0 Å². The van der Waals surface area contributed by atoms with Gasteiger partial charge in [-0.15, -0.1) is 5.10 Å². The number of fused-ring (bicyclic) bond motifs is 1. The lowest BCUT2D eigenvalue weighted by molar-refractivity contribution is 0.381. The summed E-state index contributed by atoms with van der Waals surface area (Å²) in [7, 11) is 0. The van der Waals surface area contributed by atoms with Gasteiger partial charge in [-0.05, 0) is 30.9 Å². The summed E-state index contributed by atoms with van der Waals surface area (Å²) in [5.74, 6) is 3.55. The molecular formula is C15H21N5O. The van der Waals surface area contributed by atoms with Gasteiger partial charge >= 0.3 is 0 Å². The number of hydrogen-bond donors (Lipinski definition) is 2. The third kappa shape index (κ3) is 2.55. The summed E-state index contributed by atoms with van der Waals surface area (Å²) in [4.78, 5) is 7.06. The number of aromatic amines is 1. The van der Waals surface area contributed by atoms with E-state index in [4.69, 9.17) is 4.42 Å². The SMILES string of the molecule is c1coc(CCc2nc(N3CCCC4CNCC43)n[nH]2)c1. The summed E-state index contributed by atoms with van der Waals surface area (Å²) in [6.45, 7) is 3.26. The lowest BCUT2D eigenvalue weighted by Crippen LogP contribution is -2.45. The Morgan fingerprint density at radius 3 is 3.24 bits per heavy atom.